The number of aromatic amines is 1. The third-order valence-electron chi connectivity index (χ3n) is 3.71. The molecular weight excluding hydrogens is 218 g/mol. The van der Waals surface area contributed by atoms with Gasteiger partial charge in [-0.3, -0.25) is 4.79 Å². The monoisotopic (exact) mass is 237 g/mol. The second kappa shape index (κ2) is 4.43. The lowest BCUT2D eigenvalue weighted by atomic mass is 9.75. The maximum atomic E-state index is 12.0. The van der Waals surface area contributed by atoms with Gasteiger partial charge in [0.2, 0.25) is 0 Å². The van der Waals surface area contributed by atoms with Crippen molar-refractivity contribution in [2.75, 3.05) is 7.05 Å². The Bertz CT molecular complexity index is 377. The zero-order valence-electron chi connectivity index (χ0n) is 10.6. The van der Waals surface area contributed by atoms with E-state index in [1.165, 1.54) is 0 Å². The lowest BCUT2D eigenvalue weighted by Crippen LogP contribution is -2.41. The van der Waals surface area contributed by atoms with Gasteiger partial charge < -0.3 is 4.90 Å². The Kier molecular flexibility index (Phi) is 3.13. The molecule has 6 nitrogen and oxygen atoms in total. The van der Waals surface area contributed by atoms with Gasteiger partial charge in [-0.15, -0.1) is 10.2 Å². The number of amides is 1. The fourth-order valence-corrected chi connectivity index (χ4v) is 2.35. The molecule has 1 aliphatic carbocycles. The van der Waals surface area contributed by atoms with Crippen LogP contribution in [0.3, 0.4) is 0 Å². The van der Waals surface area contributed by atoms with Crippen LogP contribution in [0.25, 0.3) is 0 Å². The summed E-state index contributed by atoms with van der Waals surface area (Å²) < 4.78 is 0. The third kappa shape index (κ3) is 2.62. The van der Waals surface area contributed by atoms with Gasteiger partial charge in [0.15, 0.2) is 0 Å². The van der Waals surface area contributed by atoms with E-state index in [4.69, 9.17) is 0 Å². The van der Waals surface area contributed by atoms with Gasteiger partial charge in [0.1, 0.15) is 0 Å². The fraction of sp³-hybridized carbons (Fsp3) is 0.818. The molecule has 1 fully saturated rings. The summed E-state index contributed by atoms with van der Waals surface area (Å²) in [6.45, 7) is 4.56. The zero-order chi connectivity index (χ0) is 12.5. The molecule has 0 spiro atoms. The van der Waals surface area contributed by atoms with Crippen LogP contribution in [0.15, 0.2) is 0 Å². The Labute approximate surface area is 101 Å². The van der Waals surface area contributed by atoms with Crippen LogP contribution >= 0.6 is 0 Å². The van der Waals surface area contributed by atoms with Crippen molar-refractivity contribution >= 4 is 5.91 Å². The Morgan fingerprint density at radius 3 is 2.59 bits per heavy atom. The van der Waals surface area contributed by atoms with Crippen LogP contribution in [-0.4, -0.2) is 44.5 Å². The summed E-state index contributed by atoms with van der Waals surface area (Å²) >= 11 is 0. The summed E-state index contributed by atoms with van der Waals surface area (Å²) in [6.07, 6.45) is 4.41. The Morgan fingerprint density at radius 2 is 2.06 bits per heavy atom. The molecular formula is C11H19N5O. The van der Waals surface area contributed by atoms with Gasteiger partial charge in [-0.25, -0.2) is 0 Å². The Hall–Kier alpha value is -1.46. The van der Waals surface area contributed by atoms with Gasteiger partial charge in [0.25, 0.3) is 11.7 Å². The molecule has 1 N–H and O–H groups in total. The number of nitrogens with zero attached hydrogens (tertiary/aromatic N) is 4. The van der Waals surface area contributed by atoms with E-state index in [-0.39, 0.29) is 11.7 Å². The van der Waals surface area contributed by atoms with Gasteiger partial charge in [-0.1, -0.05) is 13.8 Å². The molecule has 0 aliphatic heterocycles. The van der Waals surface area contributed by atoms with Crippen molar-refractivity contribution in [1.29, 1.82) is 0 Å². The predicted octanol–water partition coefficient (Wildman–Crippen LogP) is 1.24. The van der Waals surface area contributed by atoms with Gasteiger partial charge >= 0.3 is 0 Å². The lowest BCUT2D eigenvalue weighted by Gasteiger charge is -2.38. The normalized spacial score (nSPS) is 20.2. The van der Waals surface area contributed by atoms with Gasteiger partial charge in [-0.2, -0.15) is 5.21 Å². The molecule has 6 heteroatoms. The average Bonchev–Trinajstić information content (AvgIpc) is 2.80. The summed E-state index contributed by atoms with van der Waals surface area (Å²) in [5, 5.41) is 13.2. The zero-order valence-corrected chi connectivity index (χ0v) is 10.6. The number of hydrogen-bond donors (Lipinski definition) is 1. The van der Waals surface area contributed by atoms with E-state index in [2.05, 4.69) is 34.5 Å². The number of nitrogens with one attached hydrogen (secondary N) is 1. The SMILES string of the molecule is CN(C(=O)c1nn[nH]n1)C1CCC(C)(C)CC1. The number of carbonyl (C=O) groups is 1. The highest BCUT2D eigenvalue weighted by Gasteiger charge is 2.31. The lowest BCUT2D eigenvalue weighted by molar-refractivity contribution is 0.0623. The molecule has 17 heavy (non-hydrogen) atoms. The van der Waals surface area contributed by atoms with Crippen LogP contribution in [0.5, 0.6) is 0 Å². The summed E-state index contributed by atoms with van der Waals surface area (Å²) in [5.41, 5.74) is 0.409. The molecule has 0 aromatic carbocycles. The van der Waals surface area contributed by atoms with Crippen molar-refractivity contribution in [2.24, 2.45) is 5.41 Å². The minimum Gasteiger partial charge on any atom is -0.336 e. The first-order valence-electron chi connectivity index (χ1n) is 6.00. The Balaban J connectivity index is 1.97. The van der Waals surface area contributed by atoms with Crippen molar-refractivity contribution in [3.8, 4) is 0 Å². The van der Waals surface area contributed by atoms with Crippen LogP contribution in [0, 0.1) is 5.41 Å². The number of rotatable bonds is 2. The molecule has 2 rings (SSSR count). The number of tetrazole rings is 1. The van der Waals surface area contributed by atoms with Gasteiger partial charge in [0, 0.05) is 13.1 Å². The van der Waals surface area contributed by atoms with Crippen LogP contribution in [0.2, 0.25) is 0 Å². The van der Waals surface area contributed by atoms with E-state index in [1.807, 2.05) is 7.05 Å². The largest absolute Gasteiger partial charge is 0.336 e. The number of carbonyl (C=O) groups excluding carboxylic acids is 1. The molecule has 1 amide bonds. The van der Waals surface area contributed by atoms with Crippen molar-refractivity contribution in [2.45, 2.75) is 45.6 Å². The maximum absolute atomic E-state index is 12.0. The van der Waals surface area contributed by atoms with Crippen LogP contribution in [0.4, 0.5) is 0 Å². The number of H-pyrrole nitrogens is 1. The van der Waals surface area contributed by atoms with Crippen molar-refractivity contribution in [3.63, 3.8) is 0 Å². The van der Waals surface area contributed by atoms with E-state index in [0.717, 1.165) is 25.7 Å². The number of aromatic nitrogens is 4. The van der Waals surface area contributed by atoms with E-state index in [0.29, 0.717) is 11.5 Å². The molecule has 1 saturated carbocycles. The van der Waals surface area contributed by atoms with Crippen LogP contribution < -0.4 is 0 Å². The second-order valence-electron chi connectivity index (χ2n) is 5.55. The standard InChI is InChI=1S/C11H19N5O/c1-11(2)6-4-8(5-7-11)16(3)10(17)9-12-14-15-13-9/h8H,4-7H2,1-3H3,(H,12,13,14,15). The predicted molar refractivity (Wildman–Crippen MR) is 62.3 cm³/mol. The topological polar surface area (TPSA) is 74.8 Å². The first-order valence-corrected chi connectivity index (χ1v) is 6.00. The molecule has 1 aromatic heterocycles. The van der Waals surface area contributed by atoms with Gasteiger partial charge in [0.05, 0.1) is 0 Å². The fourth-order valence-electron chi connectivity index (χ4n) is 2.35. The molecule has 1 heterocycles. The van der Waals surface area contributed by atoms with Crippen molar-refractivity contribution < 1.29 is 4.79 Å². The second-order valence-corrected chi connectivity index (χ2v) is 5.55. The van der Waals surface area contributed by atoms with Gasteiger partial charge in [-0.05, 0) is 36.3 Å². The molecule has 0 bridgehead atoms. The molecule has 94 valence electrons. The van der Waals surface area contributed by atoms with Crippen molar-refractivity contribution in [3.05, 3.63) is 5.82 Å². The summed E-state index contributed by atoms with van der Waals surface area (Å²) in [5.74, 6) is 0.000731. The highest BCUT2D eigenvalue weighted by molar-refractivity contribution is 5.90. The molecule has 0 unspecified atom stereocenters. The highest BCUT2D eigenvalue weighted by Crippen LogP contribution is 2.36. The Morgan fingerprint density at radius 1 is 1.41 bits per heavy atom. The molecule has 1 aromatic rings. The summed E-state index contributed by atoms with van der Waals surface area (Å²) in [4.78, 5) is 13.8. The smallest absolute Gasteiger partial charge is 0.295 e. The molecule has 1 aliphatic rings. The summed E-state index contributed by atoms with van der Waals surface area (Å²) in [7, 11) is 1.82. The minimum absolute atomic E-state index is 0.150. The van der Waals surface area contributed by atoms with Crippen molar-refractivity contribution in [1.82, 2.24) is 25.5 Å². The minimum atomic E-state index is -0.150. The first kappa shape index (κ1) is 12.0. The third-order valence-corrected chi connectivity index (χ3v) is 3.71. The quantitative estimate of drug-likeness (QED) is 0.839. The van der Waals surface area contributed by atoms with E-state index < -0.39 is 0 Å². The van der Waals surface area contributed by atoms with Crippen LogP contribution in [-0.2, 0) is 0 Å². The maximum Gasteiger partial charge on any atom is 0.295 e. The molecule has 0 atom stereocenters. The van der Waals surface area contributed by atoms with Crippen LogP contribution in [0.1, 0.15) is 50.1 Å². The molecule has 0 radical (unpaired) electrons. The highest BCUT2D eigenvalue weighted by atomic mass is 16.2. The first-order chi connectivity index (χ1) is 7.99. The number of hydrogen-bond acceptors (Lipinski definition) is 4. The van der Waals surface area contributed by atoms with E-state index in [1.54, 1.807) is 4.90 Å². The van der Waals surface area contributed by atoms with E-state index >= 15 is 0 Å². The van der Waals surface area contributed by atoms with E-state index in [9.17, 15) is 4.79 Å². The molecule has 0 saturated heterocycles. The summed E-state index contributed by atoms with van der Waals surface area (Å²) in [6, 6.07) is 0.300. The average molecular weight is 237 g/mol.